The van der Waals surface area contributed by atoms with Crippen molar-refractivity contribution in [2.75, 3.05) is 48.6 Å². The lowest BCUT2D eigenvalue weighted by atomic mass is 10.2. The van der Waals surface area contributed by atoms with E-state index >= 15 is 0 Å². The van der Waals surface area contributed by atoms with E-state index in [-0.39, 0.29) is 17.3 Å². The van der Waals surface area contributed by atoms with Gasteiger partial charge in [-0.3, -0.25) is 0 Å². The van der Waals surface area contributed by atoms with Gasteiger partial charge in [-0.25, -0.2) is 22.1 Å². The number of alkyl halides is 1. The normalized spacial score (nSPS) is 14.9. The number of sulfonamides is 1. The number of anilines is 2. The molecule has 1 fully saturated rings. The largest absolute Gasteiger partial charge is 0.338 e. The second-order valence-corrected chi connectivity index (χ2v) is 8.54. The summed E-state index contributed by atoms with van der Waals surface area (Å²) < 4.78 is 41.2. The maximum absolute atomic E-state index is 13.5. The zero-order chi connectivity index (χ0) is 20.3. The van der Waals surface area contributed by atoms with Crippen molar-refractivity contribution in [1.29, 1.82) is 0 Å². The molecule has 3 aromatic rings. The SMILES string of the molecule is O=S(=O)(c1ccccc1)N(CCF)c1nc(N2CCNCC2)nc2ccccc12. The van der Waals surface area contributed by atoms with Gasteiger partial charge in [0.1, 0.15) is 6.67 Å². The maximum Gasteiger partial charge on any atom is 0.265 e. The van der Waals surface area contributed by atoms with Crippen molar-refractivity contribution in [3.05, 3.63) is 54.6 Å². The van der Waals surface area contributed by atoms with Gasteiger partial charge in [-0.05, 0) is 24.3 Å². The van der Waals surface area contributed by atoms with Gasteiger partial charge in [0, 0.05) is 31.6 Å². The zero-order valence-corrected chi connectivity index (χ0v) is 16.6. The van der Waals surface area contributed by atoms with Gasteiger partial charge in [0.25, 0.3) is 10.0 Å². The van der Waals surface area contributed by atoms with Crippen LogP contribution in [0.5, 0.6) is 0 Å². The van der Waals surface area contributed by atoms with E-state index in [1.54, 1.807) is 30.3 Å². The fraction of sp³-hybridized carbons (Fsp3) is 0.300. The fourth-order valence-electron chi connectivity index (χ4n) is 3.38. The van der Waals surface area contributed by atoms with Crippen molar-refractivity contribution in [2.45, 2.75) is 4.90 Å². The number of aromatic nitrogens is 2. The molecule has 0 bridgehead atoms. The first kappa shape index (κ1) is 19.5. The van der Waals surface area contributed by atoms with E-state index in [4.69, 9.17) is 0 Å². The molecular weight excluding hydrogens is 393 g/mol. The van der Waals surface area contributed by atoms with Crippen LogP contribution in [-0.2, 0) is 10.0 Å². The molecule has 1 aromatic heterocycles. The lowest BCUT2D eigenvalue weighted by molar-refractivity contribution is 0.499. The van der Waals surface area contributed by atoms with Gasteiger partial charge in [0.2, 0.25) is 5.95 Å². The minimum absolute atomic E-state index is 0.0971. The summed E-state index contributed by atoms with van der Waals surface area (Å²) in [6, 6.07) is 15.2. The fourth-order valence-corrected chi connectivity index (χ4v) is 4.81. The molecular formula is C20H22FN5O2S. The lowest BCUT2D eigenvalue weighted by Crippen LogP contribution is -2.44. The van der Waals surface area contributed by atoms with Gasteiger partial charge in [-0.2, -0.15) is 4.98 Å². The molecule has 7 nitrogen and oxygen atoms in total. The Morgan fingerprint density at radius 3 is 2.41 bits per heavy atom. The minimum Gasteiger partial charge on any atom is -0.338 e. The first-order chi connectivity index (χ1) is 14.1. The van der Waals surface area contributed by atoms with E-state index in [1.807, 2.05) is 17.0 Å². The van der Waals surface area contributed by atoms with Crippen molar-refractivity contribution in [1.82, 2.24) is 15.3 Å². The summed E-state index contributed by atoms with van der Waals surface area (Å²) in [6.45, 7) is 1.87. The predicted molar refractivity (Wildman–Crippen MR) is 112 cm³/mol. The molecule has 1 saturated heterocycles. The second-order valence-electron chi connectivity index (χ2n) is 6.68. The summed E-state index contributed by atoms with van der Waals surface area (Å²) in [5.74, 6) is 0.651. The number of rotatable bonds is 6. The predicted octanol–water partition coefficient (Wildman–Crippen LogP) is 2.20. The van der Waals surface area contributed by atoms with Crippen LogP contribution in [0, 0.1) is 0 Å². The number of hydrogen-bond acceptors (Lipinski definition) is 6. The lowest BCUT2D eigenvalue weighted by Gasteiger charge is -2.29. The van der Waals surface area contributed by atoms with Crippen molar-refractivity contribution in [3.8, 4) is 0 Å². The van der Waals surface area contributed by atoms with E-state index in [9.17, 15) is 12.8 Å². The Kier molecular flexibility index (Phi) is 5.59. The quantitative estimate of drug-likeness (QED) is 0.665. The van der Waals surface area contributed by atoms with Gasteiger partial charge >= 0.3 is 0 Å². The number of benzene rings is 2. The third kappa shape index (κ3) is 3.88. The molecule has 9 heteroatoms. The molecule has 0 spiro atoms. The van der Waals surface area contributed by atoms with Crippen molar-refractivity contribution < 1.29 is 12.8 Å². The van der Waals surface area contributed by atoms with E-state index in [1.165, 1.54) is 12.1 Å². The molecule has 1 aliphatic rings. The molecule has 1 aliphatic heterocycles. The number of piperazine rings is 1. The summed E-state index contributed by atoms with van der Waals surface area (Å²) >= 11 is 0. The Labute approximate surface area is 169 Å². The molecule has 0 atom stereocenters. The molecule has 0 unspecified atom stereocenters. The van der Waals surface area contributed by atoms with Crippen molar-refractivity contribution in [2.24, 2.45) is 0 Å². The first-order valence-corrected chi connectivity index (χ1v) is 10.9. The Morgan fingerprint density at radius 2 is 1.69 bits per heavy atom. The van der Waals surface area contributed by atoms with E-state index in [0.717, 1.165) is 17.4 Å². The molecule has 0 aliphatic carbocycles. The van der Waals surface area contributed by atoms with Crippen LogP contribution in [0.2, 0.25) is 0 Å². The van der Waals surface area contributed by atoms with Gasteiger partial charge in [0.05, 0.1) is 17.0 Å². The Morgan fingerprint density at radius 1 is 1.00 bits per heavy atom. The van der Waals surface area contributed by atoms with E-state index in [0.29, 0.717) is 29.9 Å². The summed E-state index contributed by atoms with van der Waals surface area (Å²) in [5, 5.41) is 3.84. The number of para-hydroxylation sites is 1. The highest BCUT2D eigenvalue weighted by molar-refractivity contribution is 7.92. The van der Waals surface area contributed by atoms with E-state index in [2.05, 4.69) is 15.3 Å². The van der Waals surface area contributed by atoms with Gasteiger partial charge in [-0.15, -0.1) is 0 Å². The maximum atomic E-state index is 13.5. The number of halogens is 1. The third-order valence-corrected chi connectivity index (χ3v) is 6.63. The molecule has 152 valence electrons. The molecule has 0 amide bonds. The zero-order valence-electron chi connectivity index (χ0n) is 15.8. The van der Waals surface area contributed by atoms with Crippen molar-refractivity contribution in [3.63, 3.8) is 0 Å². The highest BCUT2D eigenvalue weighted by Gasteiger charge is 2.28. The Hall–Kier alpha value is -2.78. The molecule has 29 heavy (non-hydrogen) atoms. The van der Waals surface area contributed by atoms with Crippen LogP contribution in [0.25, 0.3) is 10.9 Å². The molecule has 4 rings (SSSR count). The number of hydrogen-bond donors (Lipinski definition) is 1. The number of nitrogens with zero attached hydrogens (tertiary/aromatic N) is 4. The Balaban J connectivity index is 1.89. The summed E-state index contributed by atoms with van der Waals surface area (Å²) in [4.78, 5) is 11.3. The summed E-state index contributed by atoms with van der Waals surface area (Å²) in [6.07, 6.45) is 0. The van der Waals surface area contributed by atoms with Gasteiger partial charge in [-0.1, -0.05) is 30.3 Å². The van der Waals surface area contributed by atoms with Crippen LogP contribution in [0.4, 0.5) is 16.2 Å². The smallest absolute Gasteiger partial charge is 0.265 e. The number of fused-ring (bicyclic) bond motifs is 1. The van der Waals surface area contributed by atoms with Gasteiger partial charge in [0.15, 0.2) is 5.82 Å². The molecule has 2 aromatic carbocycles. The van der Waals surface area contributed by atoms with Crippen LogP contribution in [0.1, 0.15) is 0 Å². The molecule has 0 saturated carbocycles. The van der Waals surface area contributed by atoms with Gasteiger partial charge < -0.3 is 10.2 Å². The molecule has 2 heterocycles. The average molecular weight is 415 g/mol. The van der Waals surface area contributed by atoms with Crippen molar-refractivity contribution >= 4 is 32.7 Å². The standard InChI is InChI=1S/C20H22FN5O2S/c21-10-13-26(29(27,28)16-6-2-1-3-7-16)19-17-8-4-5-9-18(17)23-20(24-19)25-14-11-22-12-15-25/h1-9,22H,10-15H2. The Bertz CT molecular complexity index is 1090. The van der Waals surface area contributed by atoms with Crippen LogP contribution >= 0.6 is 0 Å². The van der Waals surface area contributed by atoms with Crippen LogP contribution in [-0.4, -0.2) is 57.8 Å². The summed E-state index contributed by atoms with van der Waals surface area (Å²) in [5.41, 5.74) is 0.623. The first-order valence-electron chi connectivity index (χ1n) is 9.47. The minimum atomic E-state index is -3.98. The molecule has 0 radical (unpaired) electrons. The van der Waals surface area contributed by atoms with Crippen LogP contribution < -0.4 is 14.5 Å². The number of nitrogens with one attached hydrogen (secondary N) is 1. The van der Waals surface area contributed by atoms with Crippen LogP contribution in [0.3, 0.4) is 0 Å². The second kappa shape index (κ2) is 8.30. The third-order valence-electron chi connectivity index (χ3n) is 4.83. The molecule has 1 N–H and O–H groups in total. The topological polar surface area (TPSA) is 78.4 Å². The average Bonchev–Trinajstić information content (AvgIpc) is 2.78. The highest BCUT2D eigenvalue weighted by Crippen LogP contribution is 2.30. The van der Waals surface area contributed by atoms with E-state index < -0.39 is 16.7 Å². The van der Waals surface area contributed by atoms with Crippen LogP contribution in [0.15, 0.2) is 59.5 Å². The summed E-state index contributed by atoms with van der Waals surface area (Å²) in [7, 11) is -3.98. The highest BCUT2D eigenvalue weighted by atomic mass is 32.2. The monoisotopic (exact) mass is 415 g/mol.